The zero-order chi connectivity index (χ0) is 21.5. The molecular weight excluding hydrogens is 364 g/mol. The first kappa shape index (κ1) is 22.1. The van der Waals surface area contributed by atoms with Crippen molar-refractivity contribution in [3.63, 3.8) is 0 Å². The first-order chi connectivity index (χ1) is 14.6. The summed E-state index contributed by atoms with van der Waals surface area (Å²) in [6.07, 6.45) is 9.80. The van der Waals surface area contributed by atoms with Crippen molar-refractivity contribution >= 4 is 0 Å². The van der Waals surface area contributed by atoms with Crippen molar-refractivity contribution in [2.45, 2.75) is 84.0 Å². The van der Waals surface area contributed by atoms with Gasteiger partial charge in [0.05, 0.1) is 11.1 Å². The van der Waals surface area contributed by atoms with Gasteiger partial charge in [-0.2, -0.15) is 10.5 Å². The summed E-state index contributed by atoms with van der Waals surface area (Å²) >= 11 is 0. The van der Waals surface area contributed by atoms with E-state index in [0.29, 0.717) is 23.0 Å². The summed E-state index contributed by atoms with van der Waals surface area (Å²) in [5.41, 5.74) is 5.44. The van der Waals surface area contributed by atoms with Crippen LogP contribution in [0.4, 0.5) is 0 Å². The number of hydrogen-bond donors (Lipinski definition) is 0. The Kier molecular flexibility index (Phi) is 7.70. The molecule has 0 aromatic heterocycles. The van der Waals surface area contributed by atoms with E-state index in [1.54, 1.807) is 0 Å². The zero-order valence-corrected chi connectivity index (χ0v) is 18.7. The Balaban J connectivity index is 1.87. The standard InChI is InChI=1S/C28H34N2/c1-4-6-7-21-8-10-23(11-9-21)25-16-17-26(28(19-30)27(25)18-29)24-14-12-22(13-15-24)20(3)5-2/h12-17,20-21,23H,4-11H2,1-3H3. The summed E-state index contributed by atoms with van der Waals surface area (Å²) in [5.74, 6) is 1.77. The fourth-order valence-electron chi connectivity index (χ4n) is 4.92. The van der Waals surface area contributed by atoms with E-state index in [1.807, 2.05) is 0 Å². The van der Waals surface area contributed by atoms with Crippen molar-refractivity contribution in [2.75, 3.05) is 0 Å². The van der Waals surface area contributed by atoms with E-state index in [0.717, 1.165) is 41.9 Å². The van der Waals surface area contributed by atoms with Gasteiger partial charge in [-0.3, -0.25) is 0 Å². The molecule has 0 radical (unpaired) electrons. The molecule has 156 valence electrons. The molecule has 0 heterocycles. The highest BCUT2D eigenvalue weighted by molar-refractivity contribution is 5.75. The van der Waals surface area contributed by atoms with E-state index >= 15 is 0 Å². The number of nitriles is 2. The summed E-state index contributed by atoms with van der Waals surface area (Å²) in [6.45, 7) is 6.69. The number of unbranched alkanes of at least 4 members (excludes halogenated alkanes) is 1. The second-order valence-corrected chi connectivity index (χ2v) is 8.97. The van der Waals surface area contributed by atoms with Gasteiger partial charge in [0.1, 0.15) is 12.1 Å². The molecule has 2 heteroatoms. The van der Waals surface area contributed by atoms with Gasteiger partial charge in [-0.25, -0.2) is 0 Å². The van der Waals surface area contributed by atoms with Crippen LogP contribution in [-0.2, 0) is 0 Å². The van der Waals surface area contributed by atoms with E-state index in [-0.39, 0.29) is 0 Å². The van der Waals surface area contributed by atoms with Crippen LogP contribution in [0.25, 0.3) is 11.1 Å². The van der Waals surface area contributed by atoms with Gasteiger partial charge in [0.15, 0.2) is 0 Å². The van der Waals surface area contributed by atoms with Crippen molar-refractivity contribution in [1.82, 2.24) is 0 Å². The fraction of sp³-hybridized carbons (Fsp3) is 0.500. The maximum absolute atomic E-state index is 9.95. The predicted molar refractivity (Wildman–Crippen MR) is 124 cm³/mol. The molecule has 0 saturated heterocycles. The Morgan fingerprint density at radius 3 is 2.13 bits per heavy atom. The molecular formula is C28H34N2. The Morgan fingerprint density at radius 1 is 0.900 bits per heavy atom. The van der Waals surface area contributed by atoms with Crippen molar-refractivity contribution in [3.8, 4) is 23.3 Å². The third-order valence-electron chi connectivity index (χ3n) is 7.12. The van der Waals surface area contributed by atoms with Gasteiger partial charge in [0.2, 0.25) is 0 Å². The van der Waals surface area contributed by atoms with Crippen molar-refractivity contribution < 1.29 is 0 Å². The van der Waals surface area contributed by atoms with Crippen molar-refractivity contribution in [2.24, 2.45) is 5.92 Å². The topological polar surface area (TPSA) is 47.6 Å². The zero-order valence-electron chi connectivity index (χ0n) is 18.7. The van der Waals surface area contributed by atoms with Crippen LogP contribution < -0.4 is 0 Å². The lowest BCUT2D eigenvalue weighted by molar-refractivity contribution is 0.304. The molecule has 1 aliphatic carbocycles. The van der Waals surface area contributed by atoms with Crippen LogP contribution in [0.3, 0.4) is 0 Å². The average molecular weight is 399 g/mol. The van der Waals surface area contributed by atoms with Crippen LogP contribution in [0, 0.1) is 28.6 Å². The van der Waals surface area contributed by atoms with E-state index in [1.165, 1.54) is 37.7 Å². The van der Waals surface area contributed by atoms with E-state index in [2.05, 4.69) is 69.3 Å². The van der Waals surface area contributed by atoms with Crippen molar-refractivity contribution in [3.05, 3.63) is 58.7 Å². The molecule has 2 aromatic rings. The normalized spacial score (nSPS) is 19.6. The second-order valence-electron chi connectivity index (χ2n) is 8.97. The first-order valence-corrected chi connectivity index (χ1v) is 11.7. The minimum absolute atomic E-state index is 0.409. The molecule has 1 aliphatic rings. The Morgan fingerprint density at radius 2 is 1.57 bits per heavy atom. The summed E-state index contributed by atoms with van der Waals surface area (Å²) < 4.78 is 0. The molecule has 2 nitrogen and oxygen atoms in total. The average Bonchev–Trinajstić information content (AvgIpc) is 2.81. The molecule has 1 fully saturated rings. The number of nitrogens with zero attached hydrogens (tertiary/aromatic N) is 2. The molecule has 1 atom stereocenters. The molecule has 1 unspecified atom stereocenters. The lowest BCUT2D eigenvalue weighted by atomic mass is 9.75. The molecule has 0 amide bonds. The smallest absolute Gasteiger partial charge is 0.101 e. The molecule has 0 bridgehead atoms. The van der Waals surface area contributed by atoms with Gasteiger partial charge in [-0.1, -0.05) is 76.4 Å². The molecule has 2 aromatic carbocycles. The summed E-state index contributed by atoms with van der Waals surface area (Å²) in [7, 11) is 0. The van der Waals surface area contributed by atoms with Gasteiger partial charge < -0.3 is 0 Å². The minimum atomic E-state index is 0.409. The highest BCUT2D eigenvalue weighted by Crippen LogP contribution is 2.41. The highest BCUT2D eigenvalue weighted by Gasteiger charge is 2.26. The quantitative estimate of drug-likeness (QED) is 0.473. The van der Waals surface area contributed by atoms with Crippen LogP contribution in [0.2, 0.25) is 0 Å². The Hall–Kier alpha value is -2.58. The summed E-state index contributed by atoms with van der Waals surface area (Å²) in [5, 5.41) is 19.9. The summed E-state index contributed by atoms with van der Waals surface area (Å²) in [6, 6.07) is 17.4. The second kappa shape index (κ2) is 10.4. The lowest BCUT2D eigenvalue weighted by Gasteiger charge is -2.29. The fourth-order valence-corrected chi connectivity index (χ4v) is 4.92. The molecule has 1 saturated carbocycles. The number of benzene rings is 2. The molecule has 0 aliphatic heterocycles. The SMILES string of the molecule is CCCCC1CCC(c2ccc(-c3ccc(C(C)CC)cc3)c(C#N)c2C#N)CC1. The van der Waals surface area contributed by atoms with E-state index in [4.69, 9.17) is 0 Å². The van der Waals surface area contributed by atoms with E-state index < -0.39 is 0 Å². The van der Waals surface area contributed by atoms with Crippen LogP contribution >= 0.6 is 0 Å². The van der Waals surface area contributed by atoms with Gasteiger partial charge in [-0.05, 0) is 66.5 Å². The minimum Gasteiger partial charge on any atom is -0.192 e. The Labute approximate surface area is 182 Å². The Bertz CT molecular complexity index is 919. The maximum Gasteiger partial charge on any atom is 0.101 e. The monoisotopic (exact) mass is 398 g/mol. The third-order valence-corrected chi connectivity index (χ3v) is 7.12. The van der Waals surface area contributed by atoms with Gasteiger partial charge in [-0.15, -0.1) is 0 Å². The van der Waals surface area contributed by atoms with Crippen LogP contribution in [-0.4, -0.2) is 0 Å². The predicted octanol–water partition coefficient (Wildman–Crippen LogP) is 8.07. The third kappa shape index (κ3) is 4.76. The first-order valence-electron chi connectivity index (χ1n) is 11.7. The molecule has 0 spiro atoms. The van der Waals surface area contributed by atoms with Crippen LogP contribution in [0.1, 0.15) is 106 Å². The van der Waals surface area contributed by atoms with Crippen molar-refractivity contribution in [1.29, 1.82) is 10.5 Å². The number of hydrogen-bond acceptors (Lipinski definition) is 2. The molecule has 0 N–H and O–H groups in total. The number of rotatable bonds is 7. The largest absolute Gasteiger partial charge is 0.192 e. The van der Waals surface area contributed by atoms with Gasteiger partial charge in [0.25, 0.3) is 0 Å². The van der Waals surface area contributed by atoms with Gasteiger partial charge in [0, 0.05) is 5.56 Å². The lowest BCUT2D eigenvalue weighted by Crippen LogP contribution is -2.15. The van der Waals surface area contributed by atoms with Crippen LogP contribution in [0.5, 0.6) is 0 Å². The van der Waals surface area contributed by atoms with Crippen LogP contribution in [0.15, 0.2) is 36.4 Å². The molecule has 3 rings (SSSR count). The highest BCUT2D eigenvalue weighted by atomic mass is 14.3. The van der Waals surface area contributed by atoms with E-state index in [9.17, 15) is 10.5 Å². The maximum atomic E-state index is 9.95. The summed E-state index contributed by atoms with van der Waals surface area (Å²) in [4.78, 5) is 0. The van der Waals surface area contributed by atoms with Gasteiger partial charge >= 0.3 is 0 Å². The molecule has 30 heavy (non-hydrogen) atoms.